The van der Waals surface area contributed by atoms with Crippen LogP contribution in [-0.4, -0.2) is 5.92 Å². The molecule has 1 aliphatic rings. The van der Waals surface area contributed by atoms with Gasteiger partial charge in [-0.1, -0.05) is 56.2 Å². The van der Waals surface area contributed by atoms with Crippen molar-refractivity contribution in [3.8, 4) is 11.8 Å². The largest absolute Gasteiger partial charge is 0.248 e. The van der Waals surface area contributed by atoms with Crippen LogP contribution in [0.5, 0.6) is 0 Å². The lowest BCUT2D eigenvalue weighted by Gasteiger charge is -2.28. The Morgan fingerprint density at radius 3 is 2.24 bits per heavy atom. The standard InChI is InChI=1S/C28H28F6/c1-2-3-4-5-6-7-8-23-24(29)17-19(18-25(23)30)9-10-21-11-12-22(27(32)26(21)31)20-13-15-28(33,34)16-14-20/h7-8,11-12,17-18,20H,2-6,13-16H2,1H3/b8-7+. The van der Waals surface area contributed by atoms with Crippen molar-refractivity contribution in [3.05, 3.63) is 75.9 Å². The highest BCUT2D eigenvalue weighted by Crippen LogP contribution is 2.42. The molecule has 0 aliphatic heterocycles. The topological polar surface area (TPSA) is 0 Å². The number of alkyl halides is 2. The molecule has 2 aromatic rings. The smallest absolute Gasteiger partial charge is 0.207 e. The van der Waals surface area contributed by atoms with Crippen LogP contribution < -0.4 is 0 Å². The predicted octanol–water partition coefficient (Wildman–Crippen LogP) is 8.92. The Morgan fingerprint density at radius 1 is 0.912 bits per heavy atom. The lowest BCUT2D eigenvalue weighted by atomic mass is 9.82. The predicted molar refractivity (Wildman–Crippen MR) is 123 cm³/mol. The Bertz CT molecular complexity index is 1060. The minimum Gasteiger partial charge on any atom is -0.207 e. The molecule has 3 rings (SSSR count). The van der Waals surface area contributed by atoms with Crippen molar-refractivity contribution in [2.24, 2.45) is 0 Å². The minimum absolute atomic E-state index is 0.00603. The average Bonchev–Trinajstić information content (AvgIpc) is 2.79. The first-order chi connectivity index (χ1) is 16.2. The second-order valence-electron chi connectivity index (χ2n) is 8.82. The molecule has 0 radical (unpaired) electrons. The Hall–Kier alpha value is -2.68. The second-order valence-corrected chi connectivity index (χ2v) is 8.82. The molecule has 0 saturated heterocycles. The molecule has 0 aromatic heterocycles. The first kappa shape index (κ1) is 25.9. The average molecular weight is 479 g/mol. The van der Waals surface area contributed by atoms with E-state index in [9.17, 15) is 26.3 Å². The van der Waals surface area contributed by atoms with Gasteiger partial charge in [-0.25, -0.2) is 26.3 Å². The van der Waals surface area contributed by atoms with E-state index >= 15 is 0 Å². The number of rotatable bonds is 7. The van der Waals surface area contributed by atoms with Gasteiger partial charge in [0.25, 0.3) is 0 Å². The Morgan fingerprint density at radius 2 is 1.59 bits per heavy atom. The lowest BCUT2D eigenvalue weighted by molar-refractivity contribution is -0.0384. The Kier molecular flexibility index (Phi) is 8.88. The van der Waals surface area contributed by atoms with Crippen molar-refractivity contribution in [1.29, 1.82) is 0 Å². The van der Waals surface area contributed by atoms with Gasteiger partial charge in [-0.05, 0) is 55.4 Å². The van der Waals surface area contributed by atoms with Crippen molar-refractivity contribution in [3.63, 3.8) is 0 Å². The third-order valence-electron chi connectivity index (χ3n) is 6.20. The van der Waals surface area contributed by atoms with Crippen molar-refractivity contribution >= 4 is 6.08 Å². The fourth-order valence-electron chi connectivity index (χ4n) is 4.17. The van der Waals surface area contributed by atoms with Crippen molar-refractivity contribution in [2.45, 2.75) is 76.6 Å². The highest BCUT2D eigenvalue weighted by molar-refractivity contribution is 5.54. The number of hydrogen-bond acceptors (Lipinski definition) is 0. The quantitative estimate of drug-likeness (QED) is 0.212. The highest BCUT2D eigenvalue weighted by Gasteiger charge is 2.36. The summed E-state index contributed by atoms with van der Waals surface area (Å²) < 4.78 is 84.6. The molecule has 1 saturated carbocycles. The van der Waals surface area contributed by atoms with Crippen LogP contribution in [0.1, 0.15) is 92.9 Å². The summed E-state index contributed by atoms with van der Waals surface area (Å²) >= 11 is 0. The zero-order valence-corrected chi connectivity index (χ0v) is 19.2. The molecule has 0 nitrogen and oxygen atoms in total. The first-order valence-corrected chi connectivity index (χ1v) is 11.7. The van der Waals surface area contributed by atoms with Crippen molar-refractivity contribution in [2.75, 3.05) is 0 Å². The van der Waals surface area contributed by atoms with Gasteiger partial charge in [0.15, 0.2) is 11.6 Å². The summed E-state index contributed by atoms with van der Waals surface area (Å²) in [6, 6.07) is 4.73. The fourth-order valence-corrected chi connectivity index (χ4v) is 4.17. The molecule has 0 spiro atoms. The summed E-state index contributed by atoms with van der Waals surface area (Å²) in [6.07, 6.45) is 7.54. The number of hydrogen-bond donors (Lipinski definition) is 0. The molecular formula is C28H28F6. The van der Waals surface area contributed by atoms with E-state index in [-0.39, 0.29) is 47.9 Å². The van der Waals surface area contributed by atoms with Crippen LogP contribution >= 0.6 is 0 Å². The van der Waals surface area contributed by atoms with Gasteiger partial charge < -0.3 is 0 Å². The second kappa shape index (κ2) is 11.6. The van der Waals surface area contributed by atoms with Crippen LogP contribution in [0.15, 0.2) is 30.3 Å². The van der Waals surface area contributed by atoms with E-state index in [1.165, 1.54) is 18.2 Å². The normalized spacial score (nSPS) is 16.0. The lowest BCUT2D eigenvalue weighted by Crippen LogP contribution is -2.24. The molecule has 182 valence electrons. The van der Waals surface area contributed by atoms with E-state index in [0.717, 1.165) is 44.2 Å². The van der Waals surface area contributed by atoms with Crippen LogP contribution in [-0.2, 0) is 0 Å². The van der Waals surface area contributed by atoms with Crippen LogP contribution in [0, 0.1) is 35.1 Å². The minimum atomic E-state index is -2.76. The van der Waals surface area contributed by atoms with E-state index < -0.39 is 35.1 Å². The van der Waals surface area contributed by atoms with Gasteiger partial charge in [0, 0.05) is 24.0 Å². The molecule has 0 amide bonds. The molecule has 2 aromatic carbocycles. The first-order valence-electron chi connectivity index (χ1n) is 11.7. The molecule has 0 unspecified atom stereocenters. The SMILES string of the molecule is CCCCCC/C=C/c1c(F)cc(C#Cc2ccc(C3CCC(F)(F)CC3)c(F)c2F)cc1F. The molecule has 1 fully saturated rings. The monoisotopic (exact) mass is 478 g/mol. The van der Waals surface area contributed by atoms with E-state index in [4.69, 9.17) is 0 Å². The van der Waals surface area contributed by atoms with Crippen LogP contribution in [0.4, 0.5) is 26.3 Å². The third-order valence-corrected chi connectivity index (χ3v) is 6.20. The summed E-state index contributed by atoms with van der Waals surface area (Å²) in [5.41, 5.74) is -0.380. The van der Waals surface area contributed by atoms with E-state index in [2.05, 4.69) is 18.8 Å². The van der Waals surface area contributed by atoms with Crippen LogP contribution in [0.25, 0.3) is 6.08 Å². The van der Waals surface area contributed by atoms with Gasteiger partial charge in [-0.15, -0.1) is 0 Å². The summed E-state index contributed by atoms with van der Waals surface area (Å²) in [6.45, 7) is 2.11. The Labute approximate surface area is 197 Å². The molecule has 0 N–H and O–H groups in total. The molecule has 1 aliphatic carbocycles. The molecule has 6 heteroatoms. The molecule has 34 heavy (non-hydrogen) atoms. The van der Waals surface area contributed by atoms with Gasteiger partial charge >= 0.3 is 0 Å². The zero-order valence-electron chi connectivity index (χ0n) is 19.2. The Balaban J connectivity index is 1.73. The summed E-state index contributed by atoms with van der Waals surface area (Å²) in [4.78, 5) is 0. The highest BCUT2D eigenvalue weighted by atomic mass is 19.3. The molecule has 0 heterocycles. The van der Waals surface area contributed by atoms with Gasteiger partial charge in [-0.3, -0.25) is 0 Å². The summed E-state index contributed by atoms with van der Waals surface area (Å²) in [5.74, 6) is -2.22. The summed E-state index contributed by atoms with van der Waals surface area (Å²) in [7, 11) is 0. The van der Waals surface area contributed by atoms with Crippen LogP contribution in [0.2, 0.25) is 0 Å². The number of allylic oxidation sites excluding steroid dienone is 1. The van der Waals surface area contributed by atoms with E-state index in [0.29, 0.717) is 0 Å². The maximum absolute atomic E-state index is 14.6. The van der Waals surface area contributed by atoms with E-state index in [1.807, 2.05) is 0 Å². The number of halogens is 6. The van der Waals surface area contributed by atoms with Gasteiger partial charge in [-0.2, -0.15) is 0 Å². The van der Waals surface area contributed by atoms with Gasteiger partial charge in [0.2, 0.25) is 5.92 Å². The molecule has 0 bridgehead atoms. The van der Waals surface area contributed by atoms with Crippen molar-refractivity contribution in [1.82, 2.24) is 0 Å². The zero-order chi connectivity index (χ0) is 24.7. The van der Waals surface area contributed by atoms with Gasteiger partial charge in [0.05, 0.1) is 5.56 Å². The maximum Gasteiger partial charge on any atom is 0.248 e. The molecule has 0 atom stereocenters. The number of benzene rings is 2. The van der Waals surface area contributed by atoms with Crippen molar-refractivity contribution < 1.29 is 26.3 Å². The molecular weight excluding hydrogens is 450 g/mol. The van der Waals surface area contributed by atoms with Crippen LogP contribution in [0.3, 0.4) is 0 Å². The maximum atomic E-state index is 14.6. The fraction of sp³-hybridized carbons (Fsp3) is 0.429. The van der Waals surface area contributed by atoms with Gasteiger partial charge in [0.1, 0.15) is 11.6 Å². The van der Waals surface area contributed by atoms with E-state index in [1.54, 1.807) is 6.08 Å². The third kappa shape index (κ3) is 6.68. The number of unbranched alkanes of at least 4 members (excludes halogenated alkanes) is 4. The summed E-state index contributed by atoms with van der Waals surface area (Å²) in [5, 5.41) is 0.